The van der Waals surface area contributed by atoms with Crippen LogP contribution in [-0.2, 0) is 11.0 Å². The average molecular weight is 430 g/mol. The lowest BCUT2D eigenvalue weighted by Gasteiger charge is -2.10. The topological polar surface area (TPSA) is 112 Å². The summed E-state index contributed by atoms with van der Waals surface area (Å²) < 4.78 is 39.0. The Morgan fingerprint density at radius 1 is 1.32 bits per heavy atom. The van der Waals surface area contributed by atoms with Gasteiger partial charge in [0.2, 0.25) is 11.1 Å². The standard InChI is InChI=1S/C15H11ClF3N7OS/c16-10-4-9(15(17,18)19)6-22-12(10)23-11(27)7-28-14-25-24-13(26(14)20)8-2-1-3-21-5-8/h1-6H,7,20H2,(H,22,23,27). The number of amides is 1. The zero-order valence-corrected chi connectivity index (χ0v) is 15.4. The summed E-state index contributed by atoms with van der Waals surface area (Å²) in [4.78, 5) is 19.6. The van der Waals surface area contributed by atoms with Crippen molar-refractivity contribution in [1.29, 1.82) is 0 Å². The van der Waals surface area contributed by atoms with Crippen LogP contribution in [-0.4, -0.2) is 36.5 Å². The van der Waals surface area contributed by atoms with Crippen molar-refractivity contribution in [2.75, 3.05) is 16.9 Å². The summed E-state index contributed by atoms with van der Waals surface area (Å²) in [7, 11) is 0. The second kappa shape index (κ2) is 8.02. The lowest BCUT2D eigenvalue weighted by molar-refractivity contribution is -0.137. The highest BCUT2D eigenvalue weighted by molar-refractivity contribution is 7.99. The second-order valence-electron chi connectivity index (χ2n) is 5.31. The predicted molar refractivity (Wildman–Crippen MR) is 97.0 cm³/mol. The summed E-state index contributed by atoms with van der Waals surface area (Å²) in [6, 6.07) is 4.15. The van der Waals surface area contributed by atoms with E-state index < -0.39 is 17.6 Å². The minimum absolute atomic E-state index is 0.137. The Morgan fingerprint density at radius 2 is 2.11 bits per heavy atom. The molecule has 146 valence electrons. The third-order valence-electron chi connectivity index (χ3n) is 3.34. The molecule has 0 fully saturated rings. The molecule has 3 aromatic rings. The van der Waals surface area contributed by atoms with E-state index in [-0.39, 0.29) is 21.7 Å². The van der Waals surface area contributed by atoms with Gasteiger partial charge in [0.05, 0.1) is 16.3 Å². The Balaban J connectivity index is 1.63. The molecule has 3 rings (SSSR count). The predicted octanol–water partition coefficient (Wildman–Crippen LogP) is 2.85. The van der Waals surface area contributed by atoms with E-state index in [0.29, 0.717) is 23.7 Å². The van der Waals surface area contributed by atoms with E-state index in [1.165, 1.54) is 4.68 Å². The van der Waals surface area contributed by atoms with Crippen molar-refractivity contribution in [3.05, 3.63) is 47.4 Å². The van der Waals surface area contributed by atoms with Gasteiger partial charge in [0, 0.05) is 24.2 Å². The quantitative estimate of drug-likeness (QED) is 0.473. The van der Waals surface area contributed by atoms with Crippen LogP contribution in [0, 0.1) is 0 Å². The molecule has 0 aliphatic heterocycles. The molecule has 0 unspecified atom stereocenters. The van der Waals surface area contributed by atoms with Crippen molar-refractivity contribution in [2.24, 2.45) is 0 Å². The van der Waals surface area contributed by atoms with Crippen LogP contribution in [0.5, 0.6) is 0 Å². The van der Waals surface area contributed by atoms with Crippen molar-refractivity contribution in [2.45, 2.75) is 11.3 Å². The summed E-state index contributed by atoms with van der Waals surface area (Å²) in [5, 5.41) is 10.1. The molecule has 0 radical (unpaired) electrons. The van der Waals surface area contributed by atoms with E-state index >= 15 is 0 Å². The van der Waals surface area contributed by atoms with Crippen LogP contribution in [0.3, 0.4) is 0 Å². The highest BCUT2D eigenvalue weighted by Crippen LogP contribution is 2.32. The third-order valence-corrected chi connectivity index (χ3v) is 4.57. The number of hydrogen-bond donors (Lipinski definition) is 2. The minimum Gasteiger partial charge on any atom is -0.335 e. The summed E-state index contributed by atoms with van der Waals surface area (Å²) in [5.74, 6) is 5.43. The summed E-state index contributed by atoms with van der Waals surface area (Å²) in [5.41, 5.74) is -0.362. The van der Waals surface area contributed by atoms with Gasteiger partial charge in [0.1, 0.15) is 0 Å². The molecule has 13 heteroatoms. The fourth-order valence-corrected chi connectivity index (χ4v) is 2.92. The molecule has 28 heavy (non-hydrogen) atoms. The highest BCUT2D eigenvalue weighted by Gasteiger charge is 2.31. The SMILES string of the molecule is Nn1c(SCC(=O)Nc2ncc(C(F)(F)F)cc2Cl)nnc1-c1cccnc1. The van der Waals surface area contributed by atoms with Crippen LogP contribution in [0.2, 0.25) is 5.02 Å². The van der Waals surface area contributed by atoms with Crippen LogP contribution in [0.15, 0.2) is 41.9 Å². The average Bonchev–Trinajstić information content (AvgIpc) is 3.02. The second-order valence-corrected chi connectivity index (χ2v) is 6.66. The lowest BCUT2D eigenvalue weighted by atomic mass is 10.3. The van der Waals surface area contributed by atoms with Gasteiger partial charge < -0.3 is 11.2 Å². The van der Waals surface area contributed by atoms with E-state index in [1.807, 2.05) is 0 Å². The first kappa shape index (κ1) is 19.9. The lowest BCUT2D eigenvalue weighted by Crippen LogP contribution is -2.17. The Labute approximate surface area is 165 Å². The van der Waals surface area contributed by atoms with E-state index in [4.69, 9.17) is 17.4 Å². The number of thioether (sulfide) groups is 1. The monoisotopic (exact) mass is 429 g/mol. The first-order valence-electron chi connectivity index (χ1n) is 7.52. The number of carbonyl (C=O) groups excluding carboxylic acids is 1. The largest absolute Gasteiger partial charge is 0.417 e. The maximum atomic E-state index is 12.6. The maximum absolute atomic E-state index is 12.6. The number of rotatable bonds is 5. The number of carbonyl (C=O) groups is 1. The minimum atomic E-state index is -4.58. The Kier molecular flexibility index (Phi) is 5.70. The molecule has 0 aliphatic rings. The number of nitrogens with zero attached hydrogens (tertiary/aromatic N) is 5. The Bertz CT molecular complexity index is 997. The van der Waals surface area contributed by atoms with Gasteiger partial charge in [-0.1, -0.05) is 23.4 Å². The van der Waals surface area contributed by atoms with Crippen molar-refractivity contribution in [3.8, 4) is 11.4 Å². The van der Waals surface area contributed by atoms with Crippen LogP contribution in [0.4, 0.5) is 19.0 Å². The number of hydrogen-bond acceptors (Lipinski definition) is 7. The number of pyridine rings is 2. The molecular weight excluding hydrogens is 419 g/mol. The van der Waals surface area contributed by atoms with Crippen LogP contribution in [0.25, 0.3) is 11.4 Å². The van der Waals surface area contributed by atoms with Crippen LogP contribution < -0.4 is 11.2 Å². The van der Waals surface area contributed by atoms with E-state index in [2.05, 4.69) is 25.5 Å². The molecule has 0 saturated carbocycles. The first-order valence-corrected chi connectivity index (χ1v) is 8.88. The van der Waals surface area contributed by atoms with Crippen LogP contribution in [0.1, 0.15) is 5.56 Å². The van der Waals surface area contributed by atoms with E-state index in [0.717, 1.165) is 11.8 Å². The van der Waals surface area contributed by atoms with Crippen molar-refractivity contribution >= 4 is 35.1 Å². The van der Waals surface area contributed by atoms with E-state index in [9.17, 15) is 18.0 Å². The Hall–Kier alpha value is -2.86. The van der Waals surface area contributed by atoms with Crippen molar-refractivity contribution in [1.82, 2.24) is 24.8 Å². The number of nitrogens with two attached hydrogens (primary N) is 1. The molecule has 8 nitrogen and oxygen atoms in total. The van der Waals surface area contributed by atoms with E-state index in [1.54, 1.807) is 24.5 Å². The number of nitrogen functional groups attached to an aromatic ring is 1. The molecule has 0 spiro atoms. The number of alkyl halides is 3. The van der Waals surface area contributed by atoms with Crippen molar-refractivity contribution < 1.29 is 18.0 Å². The molecule has 3 aromatic heterocycles. The zero-order valence-electron chi connectivity index (χ0n) is 13.8. The van der Waals surface area contributed by atoms with Gasteiger partial charge in [-0.15, -0.1) is 10.2 Å². The number of anilines is 1. The molecule has 3 N–H and O–H groups in total. The fourth-order valence-electron chi connectivity index (χ4n) is 2.05. The number of aromatic nitrogens is 5. The Morgan fingerprint density at radius 3 is 2.75 bits per heavy atom. The molecule has 1 amide bonds. The fraction of sp³-hybridized carbons (Fsp3) is 0.133. The molecule has 3 heterocycles. The normalized spacial score (nSPS) is 11.4. The van der Waals surface area contributed by atoms with Gasteiger partial charge in [-0.05, 0) is 18.2 Å². The molecule has 0 bridgehead atoms. The van der Waals surface area contributed by atoms with Crippen LogP contribution >= 0.6 is 23.4 Å². The molecule has 0 atom stereocenters. The molecule has 0 saturated heterocycles. The van der Waals surface area contributed by atoms with Crippen molar-refractivity contribution in [3.63, 3.8) is 0 Å². The third kappa shape index (κ3) is 4.51. The smallest absolute Gasteiger partial charge is 0.335 e. The van der Waals surface area contributed by atoms with Gasteiger partial charge >= 0.3 is 6.18 Å². The van der Waals surface area contributed by atoms with Gasteiger partial charge in [0.15, 0.2) is 11.6 Å². The number of nitrogens with one attached hydrogen (secondary N) is 1. The van der Waals surface area contributed by atoms with Gasteiger partial charge in [0.25, 0.3) is 0 Å². The van der Waals surface area contributed by atoms with Gasteiger partial charge in [-0.25, -0.2) is 9.66 Å². The number of halogens is 4. The zero-order chi connectivity index (χ0) is 20.3. The summed E-state index contributed by atoms with van der Waals surface area (Å²) in [6.45, 7) is 0. The molecule has 0 aliphatic carbocycles. The highest BCUT2D eigenvalue weighted by atomic mass is 35.5. The molecular formula is C15H11ClF3N7OS. The first-order chi connectivity index (χ1) is 13.3. The summed E-state index contributed by atoms with van der Waals surface area (Å²) >= 11 is 6.74. The summed E-state index contributed by atoms with van der Waals surface area (Å²) in [6.07, 6.45) is -0.828. The molecule has 0 aromatic carbocycles. The van der Waals surface area contributed by atoms with Gasteiger partial charge in [-0.3, -0.25) is 9.78 Å². The van der Waals surface area contributed by atoms with Gasteiger partial charge in [-0.2, -0.15) is 13.2 Å². The maximum Gasteiger partial charge on any atom is 0.417 e.